The molecule has 7 nitrogen and oxygen atoms in total. The van der Waals surface area contributed by atoms with Gasteiger partial charge in [-0.15, -0.1) is 0 Å². The quantitative estimate of drug-likeness (QED) is 0.745. The lowest BCUT2D eigenvalue weighted by atomic mass is 10.2. The molecule has 0 aliphatic carbocycles. The Morgan fingerprint density at radius 1 is 1.15 bits per heavy atom. The lowest BCUT2D eigenvalue weighted by Crippen LogP contribution is -2.26. The highest BCUT2D eigenvalue weighted by molar-refractivity contribution is 5.59. The van der Waals surface area contributed by atoms with E-state index in [0.717, 1.165) is 30.8 Å². The number of hydrogen-bond acceptors (Lipinski definition) is 7. The molecule has 1 saturated heterocycles. The molecule has 0 aromatic carbocycles. The summed E-state index contributed by atoms with van der Waals surface area (Å²) in [4.78, 5) is 19.5. The van der Waals surface area contributed by atoms with Crippen molar-refractivity contribution < 1.29 is 9.84 Å². The summed E-state index contributed by atoms with van der Waals surface area (Å²) in [7, 11) is 0. The Morgan fingerprint density at radius 3 is 2.74 bits per heavy atom. The largest absolute Gasteiger partial charge is 0.472 e. The molecule has 1 aliphatic rings. The Balaban J connectivity index is 1.49. The number of rotatable bonds is 5. The van der Waals surface area contributed by atoms with Gasteiger partial charge in [-0.05, 0) is 30.7 Å². The third-order valence-corrected chi connectivity index (χ3v) is 4.55. The molecule has 1 atom stereocenters. The van der Waals surface area contributed by atoms with Crippen molar-refractivity contribution in [2.75, 3.05) is 18.0 Å². The number of anilines is 1. The highest BCUT2D eigenvalue weighted by Gasteiger charge is 2.26. The van der Waals surface area contributed by atoms with Gasteiger partial charge in [-0.25, -0.2) is 19.9 Å². The first-order valence-corrected chi connectivity index (χ1v) is 8.95. The van der Waals surface area contributed by atoms with Crippen LogP contribution >= 0.6 is 0 Å². The Hall–Kier alpha value is -3.06. The van der Waals surface area contributed by atoms with Gasteiger partial charge in [0.15, 0.2) is 5.82 Å². The summed E-state index contributed by atoms with van der Waals surface area (Å²) in [5, 5.41) is 9.81. The van der Waals surface area contributed by atoms with E-state index >= 15 is 0 Å². The highest BCUT2D eigenvalue weighted by Crippen LogP contribution is 2.27. The number of ether oxygens (including phenoxy) is 1. The zero-order valence-electron chi connectivity index (χ0n) is 15.1. The van der Waals surface area contributed by atoms with Crippen LogP contribution in [0.4, 0.5) is 5.69 Å². The van der Waals surface area contributed by atoms with Gasteiger partial charge in [-0.3, -0.25) is 0 Å². The number of aliphatic hydroxyl groups excluding tert-OH is 1. The fraction of sp³-hybridized carbons (Fsp3) is 0.300. The summed E-state index contributed by atoms with van der Waals surface area (Å²) >= 11 is 0. The second-order valence-electron chi connectivity index (χ2n) is 6.54. The van der Waals surface area contributed by atoms with Crippen molar-refractivity contribution in [1.82, 2.24) is 19.9 Å². The Morgan fingerprint density at radius 2 is 2.00 bits per heavy atom. The van der Waals surface area contributed by atoms with Crippen LogP contribution in [0.5, 0.6) is 5.88 Å². The number of aliphatic hydroxyl groups is 1. The molecule has 1 N–H and O–H groups in total. The molecule has 3 aromatic rings. The minimum Gasteiger partial charge on any atom is -0.472 e. The standard InChI is InChI=1S/C20H21N5O2/c1-14-3-6-19(23-11-14)27-15-7-10-25(12-15)18-5-4-16(24-17(18)13-26)20-21-8-2-9-22-20/h2-6,8-9,11,15,26H,7,10,12-13H2,1H3/t15-/m0/s1. The summed E-state index contributed by atoms with van der Waals surface area (Å²) < 4.78 is 5.99. The monoisotopic (exact) mass is 363 g/mol. The first-order chi connectivity index (χ1) is 13.2. The van der Waals surface area contributed by atoms with Gasteiger partial charge in [0.2, 0.25) is 5.88 Å². The number of nitrogens with zero attached hydrogens (tertiary/aromatic N) is 5. The van der Waals surface area contributed by atoms with E-state index in [2.05, 4.69) is 24.8 Å². The van der Waals surface area contributed by atoms with Gasteiger partial charge in [-0.1, -0.05) is 6.07 Å². The van der Waals surface area contributed by atoms with Crippen molar-refractivity contribution in [2.45, 2.75) is 26.1 Å². The first kappa shape index (κ1) is 17.4. The Bertz CT molecular complexity index is 902. The normalized spacial score (nSPS) is 16.5. The van der Waals surface area contributed by atoms with Gasteiger partial charge < -0.3 is 14.7 Å². The number of aryl methyl sites for hydroxylation is 1. The van der Waals surface area contributed by atoms with Crippen LogP contribution < -0.4 is 9.64 Å². The van der Waals surface area contributed by atoms with Gasteiger partial charge >= 0.3 is 0 Å². The molecule has 4 rings (SSSR count). The smallest absolute Gasteiger partial charge is 0.213 e. The third-order valence-electron chi connectivity index (χ3n) is 4.55. The van der Waals surface area contributed by atoms with E-state index in [4.69, 9.17) is 4.74 Å². The molecule has 0 spiro atoms. The van der Waals surface area contributed by atoms with Gasteiger partial charge in [0.05, 0.1) is 24.5 Å². The molecule has 0 radical (unpaired) electrons. The molecule has 3 aromatic heterocycles. The highest BCUT2D eigenvalue weighted by atomic mass is 16.5. The van der Waals surface area contributed by atoms with Crippen LogP contribution in [0.3, 0.4) is 0 Å². The molecule has 7 heteroatoms. The van der Waals surface area contributed by atoms with Crippen molar-refractivity contribution in [3.05, 3.63) is 60.2 Å². The van der Waals surface area contributed by atoms with Crippen molar-refractivity contribution in [3.63, 3.8) is 0 Å². The zero-order chi connectivity index (χ0) is 18.6. The van der Waals surface area contributed by atoms with Crippen LogP contribution in [-0.4, -0.2) is 44.2 Å². The van der Waals surface area contributed by atoms with E-state index in [9.17, 15) is 5.11 Å². The van der Waals surface area contributed by atoms with E-state index in [1.807, 2.05) is 31.2 Å². The van der Waals surface area contributed by atoms with E-state index < -0.39 is 0 Å². The second kappa shape index (κ2) is 7.67. The van der Waals surface area contributed by atoms with Crippen LogP contribution in [0, 0.1) is 6.92 Å². The molecule has 0 bridgehead atoms. The predicted molar refractivity (Wildman–Crippen MR) is 101 cm³/mol. The van der Waals surface area contributed by atoms with Crippen LogP contribution in [0.2, 0.25) is 0 Å². The molecule has 0 amide bonds. The average Bonchev–Trinajstić information content (AvgIpc) is 3.18. The van der Waals surface area contributed by atoms with Crippen molar-refractivity contribution in [3.8, 4) is 17.4 Å². The van der Waals surface area contributed by atoms with Crippen LogP contribution in [-0.2, 0) is 6.61 Å². The third kappa shape index (κ3) is 3.88. The molecule has 27 heavy (non-hydrogen) atoms. The fourth-order valence-electron chi connectivity index (χ4n) is 3.19. The molecule has 1 aliphatic heterocycles. The summed E-state index contributed by atoms with van der Waals surface area (Å²) in [5.74, 6) is 1.19. The van der Waals surface area contributed by atoms with Crippen LogP contribution in [0.15, 0.2) is 48.9 Å². The second-order valence-corrected chi connectivity index (χ2v) is 6.54. The van der Waals surface area contributed by atoms with Crippen LogP contribution in [0.1, 0.15) is 17.7 Å². The van der Waals surface area contributed by atoms with Gasteiger partial charge in [-0.2, -0.15) is 0 Å². The maximum absolute atomic E-state index is 9.81. The maximum Gasteiger partial charge on any atom is 0.213 e. The van der Waals surface area contributed by atoms with Crippen molar-refractivity contribution in [1.29, 1.82) is 0 Å². The molecule has 1 fully saturated rings. The molecule has 4 heterocycles. The summed E-state index contributed by atoms with van der Waals surface area (Å²) in [6.07, 6.45) is 6.12. The van der Waals surface area contributed by atoms with Crippen LogP contribution in [0.25, 0.3) is 11.5 Å². The fourth-order valence-corrected chi connectivity index (χ4v) is 3.19. The average molecular weight is 363 g/mol. The van der Waals surface area contributed by atoms with Gasteiger partial charge in [0, 0.05) is 37.6 Å². The van der Waals surface area contributed by atoms with E-state index in [1.165, 1.54) is 0 Å². The topological polar surface area (TPSA) is 84.3 Å². The Labute approximate surface area is 157 Å². The lowest BCUT2D eigenvalue weighted by molar-refractivity contribution is 0.215. The van der Waals surface area contributed by atoms with Crippen molar-refractivity contribution in [2.24, 2.45) is 0 Å². The van der Waals surface area contributed by atoms with E-state index in [0.29, 0.717) is 23.1 Å². The number of hydrogen-bond donors (Lipinski definition) is 1. The molecule has 0 saturated carbocycles. The van der Waals surface area contributed by atoms with Gasteiger partial charge in [0.25, 0.3) is 0 Å². The zero-order valence-corrected chi connectivity index (χ0v) is 15.1. The Kier molecular flexibility index (Phi) is 4.93. The minimum atomic E-state index is -0.141. The lowest BCUT2D eigenvalue weighted by Gasteiger charge is -2.21. The molecule has 138 valence electrons. The first-order valence-electron chi connectivity index (χ1n) is 8.95. The minimum absolute atomic E-state index is 0.0592. The van der Waals surface area contributed by atoms with E-state index in [-0.39, 0.29) is 12.7 Å². The summed E-state index contributed by atoms with van der Waals surface area (Å²) in [5.41, 5.74) is 3.30. The molecular formula is C20H21N5O2. The molecule has 0 unspecified atom stereocenters. The predicted octanol–water partition coefficient (Wildman–Crippen LogP) is 2.39. The van der Waals surface area contributed by atoms with Crippen molar-refractivity contribution >= 4 is 5.69 Å². The molecular weight excluding hydrogens is 342 g/mol. The number of pyridine rings is 2. The van der Waals surface area contributed by atoms with Gasteiger partial charge in [0.1, 0.15) is 11.8 Å². The number of aromatic nitrogens is 4. The van der Waals surface area contributed by atoms with E-state index in [1.54, 1.807) is 24.7 Å². The summed E-state index contributed by atoms with van der Waals surface area (Å²) in [6, 6.07) is 9.51. The SMILES string of the molecule is Cc1ccc(O[C@H]2CCN(c3ccc(-c4ncccn4)nc3CO)C2)nc1. The summed E-state index contributed by atoms with van der Waals surface area (Å²) in [6.45, 7) is 3.43. The maximum atomic E-state index is 9.81.